The fourth-order valence-electron chi connectivity index (χ4n) is 2.75. The minimum absolute atomic E-state index is 0.608. The van der Waals surface area contributed by atoms with Gasteiger partial charge >= 0.3 is 0 Å². The van der Waals surface area contributed by atoms with Crippen molar-refractivity contribution in [2.45, 2.75) is 18.9 Å². The molecule has 1 saturated carbocycles. The highest BCUT2D eigenvalue weighted by Gasteiger charge is 2.36. The van der Waals surface area contributed by atoms with Gasteiger partial charge in [-0.15, -0.1) is 0 Å². The molecule has 0 amide bonds. The van der Waals surface area contributed by atoms with Crippen molar-refractivity contribution in [3.63, 3.8) is 0 Å². The van der Waals surface area contributed by atoms with Gasteiger partial charge in [0.25, 0.3) is 0 Å². The molecule has 0 bridgehead atoms. The molecule has 2 heterocycles. The SMILES string of the molecule is Brc1cc([C@H](C2CC2)N2CCNCC2)ccn1. The van der Waals surface area contributed by atoms with Gasteiger partial charge in [-0.1, -0.05) is 0 Å². The molecule has 3 rings (SSSR count). The molecule has 4 heteroatoms. The third kappa shape index (κ3) is 2.69. The first-order chi connectivity index (χ1) is 8.34. The summed E-state index contributed by atoms with van der Waals surface area (Å²) in [6, 6.07) is 4.97. The summed E-state index contributed by atoms with van der Waals surface area (Å²) in [5.74, 6) is 0.863. The van der Waals surface area contributed by atoms with E-state index < -0.39 is 0 Å². The van der Waals surface area contributed by atoms with Gasteiger partial charge in [-0.2, -0.15) is 0 Å². The quantitative estimate of drug-likeness (QED) is 0.867. The van der Waals surface area contributed by atoms with Crippen LogP contribution in [0.3, 0.4) is 0 Å². The first kappa shape index (κ1) is 11.6. The Morgan fingerprint density at radius 2 is 2.12 bits per heavy atom. The second-order valence-electron chi connectivity index (χ2n) is 4.98. The van der Waals surface area contributed by atoms with Crippen LogP contribution in [0.5, 0.6) is 0 Å². The van der Waals surface area contributed by atoms with Crippen LogP contribution in [0.15, 0.2) is 22.9 Å². The largest absolute Gasteiger partial charge is 0.314 e. The van der Waals surface area contributed by atoms with Crippen LogP contribution in [-0.4, -0.2) is 36.1 Å². The highest BCUT2D eigenvalue weighted by atomic mass is 79.9. The molecule has 0 radical (unpaired) electrons. The Morgan fingerprint density at radius 3 is 2.76 bits per heavy atom. The first-order valence-corrected chi connectivity index (χ1v) is 7.20. The number of nitrogens with one attached hydrogen (secondary N) is 1. The number of piperazine rings is 1. The molecule has 1 aliphatic heterocycles. The fourth-order valence-corrected chi connectivity index (χ4v) is 3.14. The second-order valence-corrected chi connectivity index (χ2v) is 5.79. The topological polar surface area (TPSA) is 28.2 Å². The highest BCUT2D eigenvalue weighted by molar-refractivity contribution is 9.10. The van der Waals surface area contributed by atoms with Crippen molar-refractivity contribution >= 4 is 15.9 Å². The van der Waals surface area contributed by atoms with E-state index in [1.165, 1.54) is 31.5 Å². The maximum absolute atomic E-state index is 4.23. The van der Waals surface area contributed by atoms with E-state index in [2.05, 4.69) is 43.3 Å². The van der Waals surface area contributed by atoms with E-state index in [9.17, 15) is 0 Å². The molecule has 92 valence electrons. The molecule has 1 saturated heterocycles. The standard InChI is InChI=1S/C13H18BrN3/c14-12-9-11(3-4-16-12)13(10-1-2-10)17-7-5-15-6-8-17/h3-4,9-10,13,15H,1-2,5-8H2/t13-/m0/s1. The normalized spacial score (nSPS) is 23.6. The van der Waals surface area contributed by atoms with E-state index in [1.54, 1.807) is 0 Å². The van der Waals surface area contributed by atoms with Crippen LogP contribution in [0.2, 0.25) is 0 Å². The number of aromatic nitrogens is 1. The van der Waals surface area contributed by atoms with E-state index in [1.807, 2.05) is 6.20 Å². The minimum Gasteiger partial charge on any atom is -0.314 e. The Bertz CT molecular complexity index is 386. The van der Waals surface area contributed by atoms with Gasteiger partial charge in [-0.05, 0) is 52.4 Å². The molecular weight excluding hydrogens is 278 g/mol. The maximum atomic E-state index is 4.23. The molecule has 0 unspecified atom stereocenters. The predicted octanol–water partition coefficient (Wildman–Crippen LogP) is 2.20. The first-order valence-electron chi connectivity index (χ1n) is 6.41. The number of hydrogen-bond acceptors (Lipinski definition) is 3. The molecule has 2 fully saturated rings. The Hall–Kier alpha value is -0.450. The van der Waals surface area contributed by atoms with Crippen LogP contribution in [0, 0.1) is 5.92 Å². The zero-order valence-corrected chi connectivity index (χ0v) is 11.5. The lowest BCUT2D eigenvalue weighted by Gasteiger charge is -2.35. The van der Waals surface area contributed by atoms with Crippen LogP contribution < -0.4 is 5.32 Å². The zero-order chi connectivity index (χ0) is 11.7. The summed E-state index contributed by atoms with van der Waals surface area (Å²) in [6.45, 7) is 4.58. The zero-order valence-electron chi connectivity index (χ0n) is 9.90. The van der Waals surface area contributed by atoms with Crippen molar-refractivity contribution < 1.29 is 0 Å². The maximum Gasteiger partial charge on any atom is 0.106 e. The molecule has 1 aromatic rings. The average molecular weight is 296 g/mol. The summed E-state index contributed by atoms with van der Waals surface area (Å²) in [7, 11) is 0. The molecule has 0 aromatic carbocycles. The summed E-state index contributed by atoms with van der Waals surface area (Å²) < 4.78 is 0.954. The summed E-state index contributed by atoms with van der Waals surface area (Å²) in [4.78, 5) is 6.87. The van der Waals surface area contributed by atoms with Crippen molar-refractivity contribution in [3.05, 3.63) is 28.5 Å². The van der Waals surface area contributed by atoms with Crippen molar-refractivity contribution in [1.29, 1.82) is 0 Å². The molecular formula is C13H18BrN3. The van der Waals surface area contributed by atoms with Crippen LogP contribution in [-0.2, 0) is 0 Å². The lowest BCUT2D eigenvalue weighted by Crippen LogP contribution is -2.45. The van der Waals surface area contributed by atoms with Gasteiger partial charge in [-0.3, -0.25) is 4.90 Å². The van der Waals surface area contributed by atoms with Gasteiger partial charge in [-0.25, -0.2) is 4.98 Å². The molecule has 3 nitrogen and oxygen atoms in total. The monoisotopic (exact) mass is 295 g/mol. The smallest absolute Gasteiger partial charge is 0.106 e. The van der Waals surface area contributed by atoms with E-state index in [0.29, 0.717) is 6.04 Å². The van der Waals surface area contributed by atoms with Crippen LogP contribution in [0.1, 0.15) is 24.4 Å². The molecule has 1 atom stereocenters. The molecule has 2 aliphatic rings. The van der Waals surface area contributed by atoms with Gasteiger partial charge in [0.05, 0.1) is 0 Å². The molecule has 1 aliphatic carbocycles. The predicted molar refractivity (Wildman–Crippen MR) is 71.8 cm³/mol. The van der Waals surface area contributed by atoms with Crippen molar-refractivity contribution in [3.8, 4) is 0 Å². The molecule has 17 heavy (non-hydrogen) atoms. The molecule has 0 spiro atoms. The third-order valence-corrected chi connectivity index (χ3v) is 4.14. The van der Waals surface area contributed by atoms with E-state index in [4.69, 9.17) is 0 Å². The van der Waals surface area contributed by atoms with E-state index >= 15 is 0 Å². The van der Waals surface area contributed by atoms with Gasteiger partial charge in [0, 0.05) is 38.4 Å². The molecule has 1 N–H and O–H groups in total. The van der Waals surface area contributed by atoms with Gasteiger partial charge < -0.3 is 5.32 Å². The van der Waals surface area contributed by atoms with Crippen molar-refractivity contribution in [2.24, 2.45) is 5.92 Å². The second kappa shape index (κ2) is 5.04. The minimum atomic E-state index is 0.608. The average Bonchev–Trinajstić information content (AvgIpc) is 3.15. The number of nitrogens with zero attached hydrogens (tertiary/aromatic N) is 2. The number of halogens is 1. The third-order valence-electron chi connectivity index (χ3n) is 3.71. The number of rotatable bonds is 3. The van der Waals surface area contributed by atoms with Gasteiger partial charge in [0.1, 0.15) is 4.60 Å². The Labute approximate surface area is 111 Å². The van der Waals surface area contributed by atoms with Crippen LogP contribution in [0.25, 0.3) is 0 Å². The van der Waals surface area contributed by atoms with Crippen molar-refractivity contribution in [2.75, 3.05) is 26.2 Å². The number of hydrogen-bond donors (Lipinski definition) is 1. The Morgan fingerprint density at radius 1 is 1.35 bits per heavy atom. The molecule has 1 aromatic heterocycles. The lowest BCUT2D eigenvalue weighted by molar-refractivity contribution is 0.156. The lowest BCUT2D eigenvalue weighted by atomic mass is 10.0. The van der Waals surface area contributed by atoms with Crippen LogP contribution in [0.4, 0.5) is 0 Å². The van der Waals surface area contributed by atoms with E-state index in [-0.39, 0.29) is 0 Å². The summed E-state index contributed by atoms with van der Waals surface area (Å²) >= 11 is 3.48. The van der Waals surface area contributed by atoms with E-state index in [0.717, 1.165) is 23.6 Å². The Balaban J connectivity index is 1.83. The van der Waals surface area contributed by atoms with Gasteiger partial charge in [0.2, 0.25) is 0 Å². The summed E-state index contributed by atoms with van der Waals surface area (Å²) in [5.41, 5.74) is 1.43. The Kier molecular flexibility index (Phi) is 3.45. The summed E-state index contributed by atoms with van der Waals surface area (Å²) in [5, 5.41) is 3.43. The van der Waals surface area contributed by atoms with Crippen molar-refractivity contribution in [1.82, 2.24) is 15.2 Å². The highest BCUT2D eigenvalue weighted by Crippen LogP contribution is 2.44. The fraction of sp³-hybridized carbons (Fsp3) is 0.615. The summed E-state index contributed by atoms with van der Waals surface area (Å²) in [6.07, 6.45) is 4.68. The van der Waals surface area contributed by atoms with Gasteiger partial charge in [0.15, 0.2) is 0 Å². The van der Waals surface area contributed by atoms with Crippen LogP contribution >= 0.6 is 15.9 Å². The number of pyridine rings is 1.